The molecule has 0 saturated carbocycles. The first kappa shape index (κ1) is 26.7. The lowest BCUT2D eigenvalue weighted by Gasteiger charge is -2.19. The van der Waals surface area contributed by atoms with Gasteiger partial charge in [-0.15, -0.1) is 0 Å². The fourth-order valence-electron chi connectivity index (χ4n) is 4.53. The average molecular weight is 602 g/mol. The molecule has 0 N–H and O–H groups in total. The molecule has 5 rings (SSSR count). The Kier molecular flexibility index (Phi) is 7.86. The molecule has 1 saturated heterocycles. The second-order valence-corrected chi connectivity index (χ2v) is 10.8. The van der Waals surface area contributed by atoms with E-state index in [1.54, 1.807) is 13.0 Å². The number of halogens is 1. The molecule has 4 aromatic rings. The third-order valence-electron chi connectivity index (χ3n) is 6.36. The molecule has 6 nitrogen and oxygen atoms in total. The lowest BCUT2D eigenvalue weighted by Crippen LogP contribution is -2.42. The van der Waals surface area contributed by atoms with Crippen molar-refractivity contribution < 1.29 is 19.1 Å². The van der Waals surface area contributed by atoms with Crippen molar-refractivity contribution in [1.82, 2.24) is 9.47 Å². The number of hydrogen-bond donors (Lipinski definition) is 0. The molecule has 0 spiro atoms. The van der Waals surface area contributed by atoms with E-state index in [1.807, 2.05) is 91.0 Å². The minimum atomic E-state index is -1.01. The summed E-state index contributed by atoms with van der Waals surface area (Å²) in [4.78, 5) is 39.8. The van der Waals surface area contributed by atoms with Gasteiger partial charge < -0.3 is 9.30 Å². The van der Waals surface area contributed by atoms with Crippen LogP contribution in [0.25, 0.3) is 34.3 Å². The van der Waals surface area contributed by atoms with E-state index < -0.39 is 23.2 Å². The lowest BCUT2D eigenvalue weighted by molar-refractivity contribution is -0.150. The Morgan fingerprint density at radius 1 is 0.949 bits per heavy atom. The molecule has 1 aliphatic rings. The number of imide groups is 1. The predicted molar refractivity (Wildman–Crippen MR) is 158 cm³/mol. The van der Waals surface area contributed by atoms with Crippen LogP contribution in [0.5, 0.6) is 0 Å². The van der Waals surface area contributed by atoms with Crippen LogP contribution in [0.4, 0.5) is 4.79 Å². The van der Waals surface area contributed by atoms with Crippen LogP contribution in [0, 0.1) is 0 Å². The van der Waals surface area contributed by atoms with Crippen molar-refractivity contribution in [3.05, 3.63) is 106 Å². The van der Waals surface area contributed by atoms with E-state index in [4.69, 9.17) is 4.74 Å². The number of esters is 1. The zero-order chi connectivity index (χ0) is 27.5. The Balaban J connectivity index is 1.70. The first-order valence-corrected chi connectivity index (χ1v) is 14.1. The molecule has 2 heterocycles. The maximum atomic E-state index is 13.4. The smallest absolute Gasteiger partial charge is 0.329 e. The molecule has 0 unspecified atom stereocenters. The van der Waals surface area contributed by atoms with Crippen LogP contribution in [0.2, 0.25) is 0 Å². The Morgan fingerprint density at radius 3 is 2.18 bits per heavy atom. The van der Waals surface area contributed by atoms with Crippen molar-refractivity contribution in [2.75, 3.05) is 6.61 Å². The van der Waals surface area contributed by atoms with Crippen molar-refractivity contribution in [1.29, 1.82) is 0 Å². The summed E-state index contributed by atoms with van der Waals surface area (Å²) in [7, 11) is 0. The monoisotopic (exact) mass is 600 g/mol. The van der Waals surface area contributed by atoms with Gasteiger partial charge in [-0.1, -0.05) is 76.6 Å². The Bertz CT molecular complexity index is 1560. The summed E-state index contributed by atoms with van der Waals surface area (Å²) in [6.07, 6.45) is 1.74. The van der Waals surface area contributed by atoms with Crippen LogP contribution in [-0.4, -0.2) is 39.2 Å². The van der Waals surface area contributed by atoms with E-state index in [0.717, 1.165) is 54.9 Å². The van der Waals surface area contributed by atoms with Crippen LogP contribution in [0.15, 0.2) is 100 Å². The molecule has 39 heavy (non-hydrogen) atoms. The summed E-state index contributed by atoms with van der Waals surface area (Å²) in [5, 5.41) is -0.497. The maximum absolute atomic E-state index is 13.4. The van der Waals surface area contributed by atoms with E-state index >= 15 is 0 Å². The standard InChI is InChI=1S/C31H25BrN2O4S/c1-3-38-30(36)20(2)33-29(35)27(39-31(33)37)19-23-18-26(21-10-6-4-7-11-21)34(25-16-14-24(32)15-17-25)28(23)22-12-8-5-9-13-22/h4-20H,3H2,1-2H3/b27-19-/t20-/m1/s1. The van der Waals surface area contributed by atoms with Gasteiger partial charge in [-0.3, -0.25) is 14.5 Å². The van der Waals surface area contributed by atoms with Crippen molar-refractivity contribution >= 4 is 50.9 Å². The van der Waals surface area contributed by atoms with Crippen LogP contribution < -0.4 is 0 Å². The van der Waals surface area contributed by atoms with E-state index in [0.29, 0.717) is 0 Å². The summed E-state index contributed by atoms with van der Waals surface area (Å²) < 4.78 is 8.17. The number of amides is 2. The number of carbonyl (C=O) groups excluding carboxylic acids is 3. The van der Waals surface area contributed by atoms with E-state index in [9.17, 15) is 14.4 Å². The van der Waals surface area contributed by atoms with Gasteiger partial charge in [0, 0.05) is 15.7 Å². The molecule has 1 fully saturated rings. The number of ether oxygens (including phenoxy) is 1. The van der Waals surface area contributed by atoms with Crippen LogP contribution in [-0.2, 0) is 14.3 Å². The van der Waals surface area contributed by atoms with Crippen molar-refractivity contribution in [3.8, 4) is 28.2 Å². The molecule has 8 heteroatoms. The van der Waals surface area contributed by atoms with Gasteiger partial charge in [0.05, 0.1) is 22.9 Å². The minimum absolute atomic E-state index is 0.168. The summed E-state index contributed by atoms with van der Waals surface area (Å²) in [6.45, 7) is 3.36. The van der Waals surface area contributed by atoms with Gasteiger partial charge in [0.15, 0.2) is 0 Å². The van der Waals surface area contributed by atoms with Gasteiger partial charge in [0.1, 0.15) is 6.04 Å². The zero-order valence-electron chi connectivity index (χ0n) is 21.3. The normalized spacial score (nSPS) is 15.2. The Hall–Kier alpha value is -3.88. The molecule has 0 radical (unpaired) electrons. The van der Waals surface area contributed by atoms with E-state index in [-0.39, 0.29) is 11.5 Å². The van der Waals surface area contributed by atoms with E-state index in [1.165, 1.54) is 6.92 Å². The Morgan fingerprint density at radius 2 is 1.56 bits per heavy atom. The second kappa shape index (κ2) is 11.5. The highest BCUT2D eigenvalue weighted by atomic mass is 79.9. The summed E-state index contributed by atoms with van der Waals surface area (Å²) in [5.74, 6) is -1.12. The summed E-state index contributed by atoms with van der Waals surface area (Å²) in [5.41, 5.74) is 5.48. The maximum Gasteiger partial charge on any atom is 0.329 e. The molecule has 196 valence electrons. The summed E-state index contributed by atoms with van der Waals surface area (Å²) in [6, 6.07) is 29.0. The first-order valence-electron chi connectivity index (χ1n) is 12.4. The number of rotatable bonds is 7. The van der Waals surface area contributed by atoms with Crippen molar-refractivity contribution in [2.24, 2.45) is 0 Å². The lowest BCUT2D eigenvalue weighted by atomic mass is 10.1. The fourth-order valence-corrected chi connectivity index (χ4v) is 5.70. The van der Waals surface area contributed by atoms with Crippen LogP contribution >= 0.6 is 27.7 Å². The highest BCUT2D eigenvalue weighted by Crippen LogP contribution is 2.40. The predicted octanol–water partition coefficient (Wildman–Crippen LogP) is 7.56. The minimum Gasteiger partial charge on any atom is -0.464 e. The zero-order valence-corrected chi connectivity index (χ0v) is 23.7. The number of aromatic nitrogens is 1. The van der Waals surface area contributed by atoms with Gasteiger partial charge in [0.25, 0.3) is 11.1 Å². The largest absolute Gasteiger partial charge is 0.464 e. The number of benzene rings is 3. The van der Waals surface area contributed by atoms with E-state index in [2.05, 4.69) is 20.5 Å². The highest BCUT2D eigenvalue weighted by Gasteiger charge is 2.41. The number of thioether (sulfide) groups is 1. The number of hydrogen-bond acceptors (Lipinski definition) is 5. The molecule has 3 aromatic carbocycles. The van der Waals surface area contributed by atoms with Crippen molar-refractivity contribution in [3.63, 3.8) is 0 Å². The number of carbonyl (C=O) groups is 3. The fraction of sp³-hybridized carbons (Fsp3) is 0.129. The molecule has 1 atom stereocenters. The molecular formula is C31H25BrN2O4S. The average Bonchev–Trinajstić information content (AvgIpc) is 3.46. The molecule has 1 aliphatic heterocycles. The van der Waals surface area contributed by atoms with Gasteiger partial charge in [-0.05, 0) is 73.1 Å². The van der Waals surface area contributed by atoms with Gasteiger partial charge in [0.2, 0.25) is 0 Å². The first-order chi connectivity index (χ1) is 18.9. The van der Waals surface area contributed by atoms with Gasteiger partial charge >= 0.3 is 5.97 Å². The topological polar surface area (TPSA) is 68.6 Å². The van der Waals surface area contributed by atoms with Crippen LogP contribution in [0.1, 0.15) is 19.4 Å². The Labute approximate surface area is 239 Å². The van der Waals surface area contributed by atoms with Crippen LogP contribution in [0.3, 0.4) is 0 Å². The number of nitrogens with zero attached hydrogens (tertiary/aromatic N) is 2. The highest BCUT2D eigenvalue weighted by molar-refractivity contribution is 9.10. The van der Waals surface area contributed by atoms with Gasteiger partial charge in [-0.25, -0.2) is 4.79 Å². The SMILES string of the molecule is CCOC(=O)[C@@H](C)N1C(=O)S/C(=C\c2cc(-c3ccccc3)n(-c3ccc(Br)cc3)c2-c2ccccc2)C1=O. The molecule has 2 amide bonds. The molecule has 0 aliphatic carbocycles. The summed E-state index contributed by atoms with van der Waals surface area (Å²) >= 11 is 4.36. The van der Waals surface area contributed by atoms with Gasteiger partial charge in [-0.2, -0.15) is 0 Å². The third-order valence-corrected chi connectivity index (χ3v) is 7.77. The molecular weight excluding hydrogens is 576 g/mol. The van der Waals surface area contributed by atoms with Crippen molar-refractivity contribution in [2.45, 2.75) is 19.9 Å². The third kappa shape index (κ3) is 5.35. The molecule has 1 aromatic heterocycles. The second-order valence-electron chi connectivity index (χ2n) is 8.86. The molecule has 0 bridgehead atoms. The quantitative estimate of drug-likeness (QED) is 0.162.